The van der Waals surface area contributed by atoms with Crippen LogP contribution in [0.25, 0.3) is 0 Å². The van der Waals surface area contributed by atoms with Crippen molar-refractivity contribution in [2.24, 2.45) is 0 Å². The van der Waals surface area contributed by atoms with E-state index in [0.29, 0.717) is 4.72 Å². The van der Waals surface area contributed by atoms with Crippen molar-refractivity contribution < 1.29 is 66.6 Å². The smallest absolute Gasteiger partial charge is 0.217 e. The summed E-state index contributed by atoms with van der Waals surface area (Å²) >= 11 is 0. The van der Waals surface area contributed by atoms with Crippen LogP contribution in [0.15, 0.2) is 0 Å². The molecule has 0 bridgehead atoms. The average Bonchev–Trinajstić information content (AvgIpc) is 2.40. The Bertz CT molecular complexity index is 625. The Labute approximate surface area is 145 Å². The maximum absolute atomic E-state index is 13.4. The van der Waals surface area contributed by atoms with Gasteiger partial charge in [0.15, 0.2) is 0 Å². The fraction of sp³-hybridized carbons (Fsp3) is 1.00. The van der Waals surface area contributed by atoms with Gasteiger partial charge in [-0.25, -0.2) is 18.3 Å². The molecular weight excluding hydrogens is 437 g/mol. The van der Waals surface area contributed by atoms with Crippen LogP contribution in [0.4, 0.5) is 48.3 Å². The van der Waals surface area contributed by atoms with E-state index in [1.54, 1.807) is 0 Å². The number of hydrogen-bond acceptors (Lipinski definition) is 3. The van der Waals surface area contributed by atoms with E-state index in [2.05, 4.69) is 0 Å². The van der Waals surface area contributed by atoms with Crippen molar-refractivity contribution in [1.82, 2.24) is 4.72 Å². The van der Waals surface area contributed by atoms with Crippen molar-refractivity contribution in [3.05, 3.63) is 0 Å². The van der Waals surface area contributed by atoms with E-state index >= 15 is 0 Å². The summed E-state index contributed by atoms with van der Waals surface area (Å²) < 4.78 is 163. The van der Waals surface area contributed by atoms with E-state index in [-0.39, 0.29) is 6.54 Å². The zero-order chi connectivity index (χ0) is 22.3. The maximum atomic E-state index is 13.4. The van der Waals surface area contributed by atoms with Crippen LogP contribution < -0.4 is 4.72 Å². The van der Waals surface area contributed by atoms with Crippen LogP contribution >= 0.6 is 0 Å². The standard InChI is InChI=1S/C10H14F11N2O3S/c1-23(2,24)5-3-4-22-27(25,26)10(20,21)8(15,16)6(11,12)7(13,14)9(17,18)19/h22,24H,3-5H2,1-2H3/q+1. The number of hydroxylamine groups is 3. The van der Waals surface area contributed by atoms with Gasteiger partial charge >= 0.3 is 29.2 Å². The second-order valence-corrected chi connectivity index (χ2v) is 7.64. The molecule has 0 amide bonds. The first-order valence-electron chi connectivity index (χ1n) is 6.58. The summed E-state index contributed by atoms with van der Waals surface area (Å²) in [5, 5.41) is 2.17. The number of halogens is 11. The first-order valence-corrected chi connectivity index (χ1v) is 8.07. The van der Waals surface area contributed by atoms with E-state index in [1.165, 1.54) is 0 Å². The molecule has 0 saturated heterocycles. The highest BCUT2D eigenvalue weighted by molar-refractivity contribution is 7.90. The third-order valence-electron chi connectivity index (χ3n) is 3.02. The lowest BCUT2D eigenvalue weighted by Gasteiger charge is -2.36. The molecule has 164 valence electrons. The summed E-state index contributed by atoms with van der Waals surface area (Å²) in [5.41, 5.74) is 0. The van der Waals surface area contributed by atoms with E-state index in [9.17, 15) is 61.9 Å². The second-order valence-electron chi connectivity index (χ2n) is 5.83. The van der Waals surface area contributed by atoms with Crippen LogP contribution in [-0.4, -0.2) is 74.7 Å². The number of nitrogens with zero attached hydrogens (tertiary/aromatic N) is 1. The zero-order valence-electron chi connectivity index (χ0n) is 13.4. The molecule has 0 heterocycles. The SMILES string of the molecule is C[N+](C)(O)CCCNS(=O)(=O)C(F)(F)C(F)(F)C(F)(F)C(F)(F)C(F)(F)F. The highest BCUT2D eigenvalue weighted by Crippen LogP contribution is 2.58. The molecule has 2 N–H and O–H groups in total. The number of nitrogens with one attached hydrogen (secondary N) is 1. The van der Waals surface area contributed by atoms with Crippen LogP contribution in [0, 0.1) is 0 Å². The summed E-state index contributed by atoms with van der Waals surface area (Å²) in [6, 6.07) is 0. The minimum absolute atomic E-state index is 0.354. The number of alkyl halides is 11. The molecule has 0 atom stereocenters. The number of sulfonamides is 1. The van der Waals surface area contributed by atoms with Gasteiger partial charge in [-0.05, 0) is 0 Å². The first-order chi connectivity index (χ1) is 11.5. The molecule has 0 aromatic rings. The molecule has 0 aliphatic heterocycles. The van der Waals surface area contributed by atoms with Gasteiger partial charge in [0.05, 0.1) is 14.1 Å². The second kappa shape index (κ2) is 7.14. The summed E-state index contributed by atoms with van der Waals surface area (Å²) in [6.07, 6.45) is -7.89. The topological polar surface area (TPSA) is 66.4 Å². The van der Waals surface area contributed by atoms with Crippen molar-refractivity contribution in [2.45, 2.75) is 35.6 Å². The Morgan fingerprint density at radius 1 is 0.815 bits per heavy atom. The third kappa shape index (κ3) is 4.73. The van der Waals surface area contributed by atoms with Crippen molar-refractivity contribution in [3.8, 4) is 0 Å². The van der Waals surface area contributed by atoms with E-state index in [0.717, 1.165) is 14.1 Å². The molecule has 0 aromatic heterocycles. The van der Waals surface area contributed by atoms with Crippen molar-refractivity contribution in [2.75, 3.05) is 27.2 Å². The van der Waals surface area contributed by atoms with Gasteiger partial charge in [0.1, 0.15) is 6.54 Å². The summed E-state index contributed by atoms with van der Waals surface area (Å²) in [6.45, 7) is -1.50. The molecule has 0 aliphatic carbocycles. The number of quaternary nitrogens is 1. The van der Waals surface area contributed by atoms with E-state index in [4.69, 9.17) is 0 Å². The Morgan fingerprint density at radius 2 is 1.22 bits per heavy atom. The summed E-state index contributed by atoms with van der Waals surface area (Å²) in [7, 11) is -4.58. The van der Waals surface area contributed by atoms with Crippen molar-refractivity contribution >= 4 is 10.0 Å². The molecule has 0 aromatic carbocycles. The molecule has 27 heavy (non-hydrogen) atoms. The van der Waals surface area contributed by atoms with Crippen LogP contribution in [0.1, 0.15) is 6.42 Å². The van der Waals surface area contributed by atoms with Crippen LogP contribution in [0.5, 0.6) is 0 Å². The molecule has 0 radical (unpaired) electrons. The molecule has 0 unspecified atom stereocenters. The Hall–Kier alpha value is -0.940. The lowest BCUT2D eigenvalue weighted by atomic mass is 10.0. The van der Waals surface area contributed by atoms with Gasteiger partial charge in [-0.2, -0.15) is 52.9 Å². The predicted molar refractivity (Wildman–Crippen MR) is 66.1 cm³/mol. The largest absolute Gasteiger partial charge is 0.460 e. The Balaban J connectivity index is 5.76. The Morgan fingerprint density at radius 3 is 1.56 bits per heavy atom. The van der Waals surface area contributed by atoms with Gasteiger partial charge in [-0.3, -0.25) is 0 Å². The van der Waals surface area contributed by atoms with E-state index < -0.39 is 56.8 Å². The normalized spacial score (nSPS) is 15.9. The molecule has 0 aliphatic rings. The highest BCUT2D eigenvalue weighted by atomic mass is 32.2. The zero-order valence-corrected chi connectivity index (χ0v) is 14.2. The molecular formula is C10H14F11N2O3S+. The average molecular weight is 451 g/mol. The molecule has 0 rings (SSSR count). The molecule has 17 heteroatoms. The lowest BCUT2D eigenvalue weighted by Crippen LogP contribution is -2.69. The van der Waals surface area contributed by atoms with Crippen molar-refractivity contribution in [3.63, 3.8) is 0 Å². The van der Waals surface area contributed by atoms with Gasteiger partial charge in [0.25, 0.3) is 10.0 Å². The van der Waals surface area contributed by atoms with Crippen LogP contribution in [-0.2, 0) is 10.0 Å². The predicted octanol–water partition coefficient (Wildman–Crippen LogP) is 2.82. The quantitative estimate of drug-likeness (QED) is 0.245. The molecule has 0 spiro atoms. The van der Waals surface area contributed by atoms with Gasteiger partial charge in [0.2, 0.25) is 0 Å². The van der Waals surface area contributed by atoms with Crippen molar-refractivity contribution in [1.29, 1.82) is 0 Å². The fourth-order valence-corrected chi connectivity index (χ4v) is 2.55. The first kappa shape index (κ1) is 26.1. The van der Waals surface area contributed by atoms with Gasteiger partial charge in [0, 0.05) is 13.0 Å². The van der Waals surface area contributed by atoms with E-state index in [1.807, 2.05) is 0 Å². The summed E-state index contributed by atoms with van der Waals surface area (Å²) in [5.74, 6) is -23.1. The maximum Gasteiger partial charge on any atom is 0.460 e. The summed E-state index contributed by atoms with van der Waals surface area (Å²) in [4.78, 5) is 0. The van der Waals surface area contributed by atoms with Gasteiger partial charge < -0.3 is 0 Å². The van der Waals surface area contributed by atoms with Gasteiger partial charge in [-0.15, -0.1) is 0 Å². The number of rotatable bonds is 9. The lowest BCUT2D eigenvalue weighted by molar-refractivity contribution is -1.07. The fourth-order valence-electron chi connectivity index (χ4n) is 1.49. The minimum atomic E-state index is -7.81. The van der Waals surface area contributed by atoms with Gasteiger partial charge in [-0.1, -0.05) is 0 Å². The van der Waals surface area contributed by atoms with Crippen LogP contribution in [0.3, 0.4) is 0 Å². The number of hydrogen-bond donors (Lipinski definition) is 2. The molecule has 0 fully saturated rings. The highest BCUT2D eigenvalue weighted by Gasteiger charge is 2.89. The molecule has 5 nitrogen and oxygen atoms in total. The van der Waals surface area contributed by atoms with Crippen LogP contribution in [0.2, 0.25) is 0 Å². The monoisotopic (exact) mass is 451 g/mol. The Kier molecular flexibility index (Phi) is 6.90. The third-order valence-corrected chi connectivity index (χ3v) is 4.54. The minimum Gasteiger partial charge on any atom is -0.217 e. The molecule has 0 saturated carbocycles.